The number of guanidine groups is 1. The van der Waals surface area contributed by atoms with Crippen LogP contribution in [0.4, 0.5) is 0 Å². The number of amides is 1. The van der Waals surface area contributed by atoms with Gasteiger partial charge in [0.05, 0.1) is 13.2 Å². The van der Waals surface area contributed by atoms with Gasteiger partial charge in [-0.15, -0.1) is 24.0 Å². The molecule has 1 rings (SSSR count). The molecule has 142 valence electrons. The van der Waals surface area contributed by atoms with Crippen molar-refractivity contribution < 1.29 is 9.53 Å². The molecule has 0 aromatic carbocycles. The average Bonchev–Trinajstić information content (AvgIpc) is 2.56. The minimum Gasteiger partial charge on any atom is -0.383 e. The Morgan fingerprint density at radius 2 is 1.83 bits per heavy atom. The minimum absolute atomic E-state index is 0. The van der Waals surface area contributed by atoms with E-state index in [4.69, 9.17) is 4.74 Å². The molecule has 0 spiro atoms. The second-order valence-corrected chi connectivity index (χ2v) is 6.48. The number of aliphatic imine (C=N–C) groups is 1. The lowest BCUT2D eigenvalue weighted by atomic mass is 9.98. The molecule has 7 nitrogen and oxygen atoms in total. The summed E-state index contributed by atoms with van der Waals surface area (Å²) in [5, 5.41) is 9.13. The fourth-order valence-corrected chi connectivity index (χ4v) is 2.65. The molecule has 0 atom stereocenters. The fourth-order valence-electron chi connectivity index (χ4n) is 2.65. The summed E-state index contributed by atoms with van der Waals surface area (Å²) in [6.45, 7) is 8.83. The van der Waals surface area contributed by atoms with Crippen LogP contribution in [0.15, 0.2) is 4.99 Å². The second-order valence-electron chi connectivity index (χ2n) is 6.48. The highest BCUT2D eigenvalue weighted by atomic mass is 127. The molecule has 1 aliphatic rings. The molecule has 8 heteroatoms. The van der Waals surface area contributed by atoms with E-state index in [0.29, 0.717) is 19.1 Å². The third-order valence-corrected chi connectivity index (χ3v) is 4.17. The summed E-state index contributed by atoms with van der Waals surface area (Å²) in [6, 6.07) is 0. The lowest BCUT2D eigenvalue weighted by Crippen LogP contribution is -2.55. The quantitative estimate of drug-likeness (QED) is 0.219. The van der Waals surface area contributed by atoms with E-state index in [2.05, 4.69) is 39.7 Å². The number of hydrogen-bond acceptors (Lipinski definition) is 4. The molecule has 0 radical (unpaired) electrons. The van der Waals surface area contributed by atoms with Gasteiger partial charge in [0.25, 0.3) is 0 Å². The fraction of sp³-hybridized carbons (Fsp3) is 0.875. The maximum atomic E-state index is 11.7. The van der Waals surface area contributed by atoms with Crippen molar-refractivity contribution in [2.45, 2.75) is 38.6 Å². The van der Waals surface area contributed by atoms with Crippen molar-refractivity contribution >= 4 is 35.8 Å². The summed E-state index contributed by atoms with van der Waals surface area (Å²) < 4.78 is 4.90. The summed E-state index contributed by atoms with van der Waals surface area (Å²) in [5.74, 6) is 0.581. The van der Waals surface area contributed by atoms with Crippen LogP contribution in [-0.2, 0) is 9.53 Å². The van der Waals surface area contributed by atoms with Gasteiger partial charge in [-0.2, -0.15) is 0 Å². The highest BCUT2D eigenvalue weighted by Gasteiger charge is 2.27. The molecule has 3 N–H and O–H groups in total. The topological polar surface area (TPSA) is 78.0 Å². The van der Waals surface area contributed by atoms with Crippen LogP contribution in [0.5, 0.6) is 0 Å². The molecular weight excluding hydrogens is 421 g/mol. The highest BCUT2D eigenvalue weighted by molar-refractivity contribution is 14.0. The predicted molar refractivity (Wildman–Crippen MR) is 109 cm³/mol. The van der Waals surface area contributed by atoms with Crippen molar-refractivity contribution in [2.24, 2.45) is 4.99 Å². The van der Waals surface area contributed by atoms with Gasteiger partial charge >= 0.3 is 0 Å². The molecule has 0 saturated carbocycles. The van der Waals surface area contributed by atoms with Crippen LogP contribution in [0.3, 0.4) is 0 Å². The Balaban J connectivity index is 0.00000529. The molecule has 0 aliphatic carbocycles. The first-order chi connectivity index (χ1) is 11.0. The van der Waals surface area contributed by atoms with E-state index in [1.165, 1.54) is 19.3 Å². The molecule has 0 aromatic heterocycles. The van der Waals surface area contributed by atoms with Gasteiger partial charge in [0.2, 0.25) is 5.91 Å². The lowest BCUT2D eigenvalue weighted by Gasteiger charge is -2.41. The Morgan fingerprint density at radius 3 is 2.42 bits per heavy atom. The molecule has 1 aliphatic heterocycles. The number of carbonyl (C=O) groups excluding carboxylic acids is 1. The first kappa shape index (κ1) is 23.4. The Morgan fingerprint density at radius 1 is 1.17 bits per heavy atom. The van der Waals surface area contributed by atoms with Crippen LogP contribution >= 0.6 is 24.0 Å². The van der Waals surface area contributed by atoms with Crippen molar-refractivity contribution in [3.8, 4) is 0 Å². The summed E-state index contributed by atoms with van der Waals surface area (Å²) >= 11 is 0. The number of piperidine rings is 1. The largest absolute Gasteiger partial charge is 0.383 e. The van der Waals surface area contributed by atoms with Gasteiger partial charge in [0.15, 0.2) is 5.96 Å². The van der Waals surface area contributed by atoms with Crippen LogP contribution in [-0.4, -0.2) is 75.8 Å². The van der Waals surface area contributed by atoms with E-state index >= 15 is 0 Å². The molecule has 1 saturated heterocycles. The number of ether oxygens (including phenoxy) is 1. The second kappa shape index (κ2) is 12.7. The summed E-state index contributed by atoms with van der Waals surface area (Å²) in [6.07, 6.45) is 3.89. The predicted octanol–water partition coefficient (Wildman–Crippen LogP) is 0.797. The van der Waals surface area contributed by atoms with Gasteiger partial charge in [-0.25, -0.2) is 0 Å². The summed E-state index contributed by atoms with van der Waals surface area (Å²) in [4.78, 5) is 18.4. The Hall–Kier alpha value is -0.610. The lowest BCUT2D eigenvalue weighted by molar-refractivity contribution is -0.120. The first-order valence-electron chi connectivity index (χ1n) is 8.45. The van der Waals surface area contributed by atoms with Crippen LogP contribution in [0.25, 0.3) is 0 Å². The highest BCUT2D eigenvalue weighted by Crippen LogP contribution is 2.19. The zero-order valence-electron chi connectivity index (χ0n) is 15.5. The van der Waals surface area contributed by atoms with Gasteiger partial charge in [0, 0.05) is 32.8 Å². The van der Waals surface area contributed by atoms with E-state index in [-0.39, 0.29) is 42.0 Å². The molecule has 0 unspecified atom stereocenters. The van der Waals surface area contributed by atoms with Gasteiger partial charge in [-0.05, 0) is 39.8 Å². The number of nitrogens with zero attached hydrogens (tertiary/aromatic N) is 2. The zero-order chi connectivity index (χ0) is 17.1. The Kier molecular flexibility index (Phi) is 12.4. The number of hydrogen-bond donors (Lipinski definition) is 3. The molecular formula is C16H34IN5O2. The van der Waals surface area contributed by atoms with Gasteiger partial charge < -0.3 is 20.7 Å². The van der Waals surface area contributed by atoms with Crippen molar-refractivity contribution in [2.75, 3.05) is 53.5 Å². The zero-order valence-corrected chi connectivity index (χ0v) is 17.8. The van der Waals surface area contributed by atoms with Crippen LogP contribution in [0.2, 0.25) is 0 Å². The number of carbonyl (C=O) groups is 1. The van der Waals surface area contributed by atoms with Gasteiger partial charge in [-0.3, -0.25) is 14.7 Å². The van der Waals surface area contributed by atoms with E-state index in [1.807, 2.05) is 0 Å². The number of halogens is 1. The summed E-state index contributed by atoms with van der Waals surface area (Å²) in [7, 11) is 3.33. The SMILES string of the molecule is CN=C(NCC(=O)NCCOC)NCC(C)(C)N1CCCCC1.I. The van der Waals surface area contributed by atoms with Crippen LogP contribution < -0.4 is 16.0 Å². The van der Waals surface area contributed by atoms with Crippen molar-refractivity contribution in [1.82, 2.24) is 20.9 Å². The van der Waals surface area contributed by atoms with Crippen molar-refractivity contribution in [3.05, 3.63) is 0 Å². The Bertz CT molecular complexity index is 385. The van der Waals surface area contributed by atoms with Gasteiger partial charge in [-0.1, -0.05) is 6.42 Å². The summed E-state index contributed by atoms with van der Waals surface area (Å²) in [5.41, 5.74) is 0.0682. The molecule has 0 bridgehead atoms. The average molecular weight is 455 g/mol. The molecule has 1 amide bonds. The third-order valence-electron chi connectivity index (χ3n) is 4.17. The number of likely N-dealkylation sites (tertiary alicyclic amines) is 1. The van der Waals surface area contributed by atoms with Crippen LogP contribution in [0, 0.1) is 0 Å². The molecule has 24 heavy (non-hydrogen) atoms. The monoisotopic (exact) mass is 455 g/mol. The number of rotatable bonds is 8. The maximum Gasteiger partial charge on any atom is 0.239 e. The van der Waals surface area contributed by atoms with E-state index in [9.17, 15) is 4.79 Å². The van der Waals surface area contributed by atoms with E-state index < -0.39 is 0 Å². The third kappa shape index (κ3) is 9.03. The van der Waals surface area contributed by atoms with Crippen molar-refractivity contribution in [1.29, 1.82) is 0 Å². The smallest absolute Gasteiger partial charge is 0.239 e. The normalized spacial score (nSPS) is 16.2. The number of nitrogens with one attached hydrogen (secondary N) is 3. The van der Waals surface area contributed by atoms with Crippen molar-refractivity contribution in [3.63, 3.8) is 0 Å². The first-order valence-corrected chi connectivity index (χ1v) is 8.45. The molecule has 1 fully saturated rings. The minimum atomic E-state index is -0.0692. The molecule has 0 aromatic rings. The van der Waals surface area contributed by atoms with Gasteiger partial charge in [0.1, 0.15) is 0 Å². The standard InChI is InChI=1S/C16H33N5O2.HI/c1-16(2,21-9-6-5-7-10-21)13-20-15(17-3)19-12-14(22)18-8-11-23-4;/h5-13H2,1-4H3,(H,18,22)(H2,17,19,20);1H. The van der Waals surface area contributed by atoms with E-state index in [1.54, 1.807) is 14.2 Å². The van der Waals surface area contributed by atoms with Crippen LogP contribution in [0.1, 0.15) is 33.1 Å². The maximum absolute atomic E-state index is 11.7. The molecule has 1 heterocycles. The Labute approximate surface area is 163 Å². The number of methoxy groups -OCH3 is 1. The van der Waals surface area contributed by atoms with E-state index in [0.717, 1.165) is 19.6 Å².